The van der Waals surface area contributed by atoms with Gasteiger partial charge in [-0.3, -0.25) is 10.1 Å². The standard InChI is InChI=1S/C21H14N2O6/c24-21-18(22-20(29-21)19-5-2-10-27-19)12-14-6-8-17(9-7-14)28-13-15-3-1-4-16(11-15)23(25)26/h1-12H,13H2/b18-12-. The van der Waals surface area contributed by atoms with Crippen molar-refractivity contribution in [3.05, 3.63) is 99.6 Å². The summed E-state index contributed by atoms with van der Waals surface area (Å²) in [6.45, 7) is 0.200. The van der Waals surface area contributed by atoms with Crippen molar-refractivity contribution >= 4 is 23.6 Å². The molecule has 0 bridgehead atoms. The Morgan fingerprint density at radius 2 is 1.93 bits per heavy atom. The molecule has 0 radical (unpaired) electrons. The molecule has 144 valence electrons. The van der Waals surface area contributed by atoms with Gasteiger partial charge in [0.2, 0.25) is 0 Å². The van der Waals surface area contributed by atoms with E-state index in [9.17, 15) is 14.9 Å². The van der Waals surface area contributed by atoms with E-state index >= 15 is 0 Å². The Morgan fingerprint density at radius 1 is 1.10 bits per heavy atom. The Labute approximate surface area is 164 Å². The number of nitrogens with zero attached hydrogens (tertiary/aromatic N) is 2. The highest BCUT2D eigenvalue weighted by Crippen LogP contribution is 2.21. The maximum Gasteiger partial charge on any atom is 0.363 e. The lowest BCUT2D eigenvalue weighted by Crippen LogP contribution is -2.04. The van der Waals surface area contributed by atoms with E-state index in [-0.39, 0.29) is 23.9 Å². The van der Waals surface area contributed by atoms with Gasteiger partial charge in [-0.05, 0) is 41.5 Å². The van der Waals surface area contributed by atoms with Crippen LogP contribution in [0.15, 0.2) is 82.0 Å². The molecule has 8 nitrogen and oxygen atoms in total. The van der Waals surface area contributed by atoms with Crippen molar-refractivity contribution < 1.29 is 23.6 Å². The smallest absolute Gasteiger partial charge is 0.363 e. The summed E-state index contributed by atoms with van der Waals surface area (Å²) in [4.78, 5) is 26.5. The van der Waals surface area contributed by atoms with Crippen molar-refractivity contribution in [2.24, 2.45) is 4.99 Å². The van der Waals surface area contributed by atoms with Gasteiger partial charge < -0.3 is 13.9 Å². The first-order chi connectivity index (χ1) is 14.1. The van der Waals surface area contributed by atoms with Gasteiger partial charge in [0.05, 0.1) is 11.2 Å². The molecule has 0 spiro atoms. The number of hydrogen-bond acceptors (Lipinski definition) is 7. The predicted octanol–water partition coefficient (Wildman–Crippen LogP) is 4.11. The van der Waals surface area contributed by atoms with Crippen LogP contribution in [0.4, 0.5) is 5.69 Å². The SMILES string of the molecule is O=C1OC(c2ccco2)=N/C1=C\c1ccc(OCc2cccc([N+](=O)[O-])c2)cc1. The number of cyclic esters (lactones) is 1. The van der Waals surface area contributed by atoms with Gasteiger partial charge >= 0.3 is 5.97 Å². The second kappa shape index (κ2) is 7.81. The van der Waals surface area contributed by atoms with Crippen molar-refractivity contribution in [3.8, 4) is 5.75 Å². The molecule has 0 fully saturated rings. The summed E-state index contributed by atoms with van der Waals surface area (Å²) < 4.78 is 15.9. The highest BCUT2D eigenvalue weighted by atomic mass is 16.6. The summed E-state index contributed by atoms with van der Waals surface area (Å²) in [5, 5.41) is 10.8. The van der Waals surface area contributed by atoms with Crippen molar-refractivity contribution in [2.75, 3.05) is 0 Å². The zero-order valence-corrected chi connectivity index (χ0v) is 15.0. The quantitative estimate of drug-likeness (QED) is 0.271. The van der Waals surface area contributed by atoms with Crippen LogP contribution >= 0.6 is 0 Å². The van der Waals surface area contributed by atoms with Crippen LogP contribution in [0.25, 0.3) is 6.08 Å². The fourth-order valence-electron chi connectivity index (χ4n) is 2.66. The summed E-state index contributed by atoms with van der Waals surface area (Å²) in [5.41, 5.74) is 1.62. The summed E-state index contributed by atoms with van der Waals surface area (Å²) in [7, 11) is 0. The molecule has 1 aliphatic rings. The van der Waals surface area contributed by atoms with Gasteiger partial charge in [0.1, 0.15) is 12.4 Å². The highest BCUT2D eigenvalue weighted by Gasteiger charge is 2.25. The normalized spacial score (nSPS) is 14.6. The Morgan fingerprint density at radius 3 is 2.66 bits per heavy atom. The van der Waals surface area contributed by atoms with Crippen LogP contribution in [0.5, 0.6) is 5.75 Å². The average Bonchev–Trinajstić information content (AvgIpc) is 3.38. The highest BCUT2D eigenvalue weighted by molar-refractivity contribution is 6.11. The molecule has 0 amide bonds. The first-order valence-corrected chi connectivity index (χ1v) is 8.61. The Hall–Kier alpha value is -4.20. The molecule has 1 aliphatic heterocycles. The number of nitro benzene ring substituents is 1. The Bertz CT molecular complexity index is 1110. The van der Waals surface area contributed by atoms with E-state index in [2.05, 4.69) is 4.99 Å². The summed E-state index contributed by atoms with van der Waals surface area (Å²) in [5.74, 6) is 0.546. The molecule has 29 heavy (non-hydrogen) atoms. The third kappa shape index (κ3) is 4.22. The maximum absolute atomic E-state index is 12.0. The van der Waals surface area contributed by atoms with E-state index in [0.717, 1.165) is 5.56 Å². The second-order valence-corrected chi connectivity index (χ2v) is 6.10. The van der Waals surface area contributed by atoms with Gasteiger partial charge in [-0.1, -0.05) is 24.3 Å². The third-order valence-corrected chi connectivity index (χ3v) is 4.06. The molecule has 1 aromatic heterocycles. The molecule has 0 unspecified atom stereocenters. The molecule has 4 rings (SSSR count). The second-order valence-electron chi connectivity index (χ2n) is 6.10. The monoisotopic (exact) mass is 390 g/mol. The minimum absolute atomic E-state index is 0.0194. The van der Waals surface area contributed by atoms with E-state index in [1.807, 2.05) is 0 Å². The topological polar surface area (TPSA) is 104 Å². The van der Waals surface area contributed by atoms with Crippen LogP contribution < -0.4 is 4.74 Å². The summed E-state index contributed by atoms with van der Waals surface area (Å²) in [6, 6.07) is 16.6. The van der Waals surface area contributed by atoms with Gasteiger partial charge in [-0.25, -0.2) is 9.79 Å². The molecule has 2 aromatic carbocycles. The minimum Gasteiger partial charge on any atom is -0.489 e. The van der Waals surface area contributed by atoms with Gasteiger partial charge in [-0.2, -0.15) is 0 Å². The molecular formula is C21H14N2O6. The van der Waals surface area contributed by atoms with Crippen LogP contribution in [0.1, 0.15) is 16.9 Å². The molecular weight excluding hydrogens is 376 g/mol. The Balaban J connectivity index is 1.43. The Kier molecular flexibility index (Phi) is 4.90. The molecule has 0 N–H and O–H groups in total. The zero-order chi connectivity index (χ0) is 20.2. The molecule has 8 heteroatoms. The lowest BCUT2D eigenvalue weighted by molar-refractivity contribution is -0.384. The van der Waals surface area contributed by atoms with Gasteiger partial charge in [0, 0.05) is 12.1 Å². The first-order valence-electron chi connectivity index (χ1n) is 8.61. The van der Waals surface area contributed by atoms with Crippen molar-refractivity contribution in [2.45, 2.75) is 6.61 Å². The zero-order valence-electron chi connectivity index (χ0n) is 15.0. The van der Waals surface area contributed by atoms with Gasteiger partial charge in [0.25, 0.3) is 11.6 Å². The van der Waals surface area contributed by atoms with Crippen LogP contribution in [0.3, 0.4) is 0 Å². The minimum atomic E-state index is -0.553. The third-order valence-electron chi connectivity index (χ3n) is 4.06. The van der Waals surface area contributed by atoms with Crippen LogP contribution in [0, 0.1) is 10.1 Å². The lowest BCUT2D eigenvalue weighted by atomic mass is 10.2. The van der Waals surface area contributed by atoms with Gasteiger partial charge in [-0.15, -0.1) is 0 Å². The van der Waals surface area contributed by atoms with E-state index in [1.165, 1.54) is 18.4 Å². The number of carbonyl (C=O) groups is 1. The lowest BCUT2D eigenvalue weighted by Gasteiger charge is -2.06. The van der Waals surface area contributed by atoms with Crippen LogP contribution in [-0.2, 0) is 16.1 Å². The molecule has 0 aliphatic carbocycles. The molecule has 0 saturated carbocycles. The number of benzene rings is 2. The first kappa shape index (κ1) is 18.2. The predicted molar refractivity (Wildman–Crippen MR) is 103 cm³/mol. The molecule has 2 heterocycles. The molecule has 3 aromatic rings. The molecule has 0 saturated heterocycles. The summed E-state index contributed by atoms with van der Waals surface area (Å²) >= 11 is 0. The summed E-state index contributed by atoms with van der Waals surface area (Å²) in [6.07, 6.45) is 3.07. The number of esters is 1. The maximum atomic E-state index is 12.0. The number of furan rings is 1. The van der Waals surface area contributed by atoms with Gasteiger partial charge in [0.15, 0.2) is 11.5 Å². The number of hydrogen-bond donors (Lipinski definition) is 0. The van der Waals surface area contributed by atoms with Crippen molar-refractivity contribution in [3.63, 3.8) is 0 Å². The van der Waals surface area contributed by atoms with Crippen LogP contribution in [-0.4, -0.2) is 16.8 Å². The number of rotatable bonds is 6. The molecule has 0 atom stereocenters. The number of non-ortho nitro benzene ring substituents is 1. The number of ether oxygens (including phenoxy) is 2. The number of aliphatic imine (C=N–C) groups is 1. The van der Waals surface area contributed by atoms with E-state index in [4.69, 9.17) is 13.9 Å². The van der Waals surface area contributed by atoms with E-state index in [1.54, 1.807) is 54.6 Å². The fourth-order valence-corrected chi connectivity index (χ4v) is 2.66. The van der Waals surface area contributed by atoms with Crippen molar-refractivity contribution in [1.29, 1.82) is 0 Å². The number of carbonyl (C=O) groups excluding carboxylic acids is 1. The van der Waals surface area contributed by atoms with Crippen LogP contribution in [0.2, 0.25) is 0 Å². The fraction of sp³-hybridized carbons (Fsp3) is 0.0476. The largest absolute Gasteiger partial charge is 0.489 e. The average molecular weight is 390 g/mol. The van der Waals surface area contributed by atoms with Crippen molar-refractivity contribution in [1.82, 2.24) is 0 Å². The number of nitro groups is 1. The van der Waals surface area contributed by atoms with E-state index in [0.29, 0.717) is 17.1 Å². The van der Waals surface area contributed by atoms with E-state index < -0.39 is 10.9 Å².